The standard InChI is InChI=1S/C18H28O2/c1-12(2)14-7-6-13(3)16(10-14)20-17-11-18(4,5)9-8-15(17)19/h6-7,10,12,15,17,19H,8-9,11H2,1-5H3. The highest BCUT2D eigenvalue weighted by Gasteiger charge is 2.35. The number of benzene rings is 1. The molecule has 0 spiro atoms. The molecule has 1 aromatic carbocycles. The second-order valence-electron chi connectivity index (χ2n) is 7.31. The van der Waals surface area contributed by atoms with Crippen molar-refractivity contribution in [3.8, 4) is 5.75 Å². The molecule has 1 aromatic rings. The number of aliphatic hydroxyl groups excluding tert-OH is 1. The van der Waals surface area contributed by atoms with E-state index in [1.54, 1.807) is 0 Å². The lowest BCUT2D eigenvalue weighted by Crippen LogP contribution is -2.41. The summed E-state index contributed by atoms with van der Waals surface area (Å²) in [6.07, 6.45) is 2.39. The Morgan fingerprint density at radius 3 is 2.65 bits per heavy atom. The van der Waals surface area contributed by atoms with Gasteiger partial charge in [-0.25, -0.2) is 0 Å². The summed E-state index contributed by atoms with van der Waals surface area (Å²) in [7, 11) is 0. The highest BCUT2D eigenvalue weighted by molar-refractivity contribution is 5.38. The van der Waals surface area contributed by atoms with Gasteiger partial charge in [0, 0.05) is 0 Å². The van der Waals surface area contributed by atoms with Crippen LogP contribution in [0.2, 0.25) is 0 Å². The number of aryl methyl sites for hydroxylation is 1. The van der Waals surface area contributed by atoms with Crippen LogP contribution in [0.25, 0.3) is 0 Å². The van der Waals surface area contributed by atoms with Gasteiger partial charge in [0.1, 0.15) is 11.9 Å². The zero-order valence-corrected chi connectivity index (χ0v) is 13.4. The van der Waals surface area contributed by atoms with Crippen molar-refractivity contribution in [2.75, 3.05) is 0 Å². The van der Waals surface area contributed by atoms with Crippen LogP contribution in [0.1, 0.15) is 64.0 Å². The molecule has 0 amide bonds. The molecule has 0 bridgehead atoms. The Hall–Kier alpha value is -1.02. The van der Waals surface area contributed by atoms with Gasteiger partial charge in [0.25, 0.3) is 0 Å². The van der Waals surface area contributed by atoms with Crippen molar-refractivity contribution in [3.05, 3.63) is 29.3 Å². The van der Waals surface area contributed by atoms with Crippen LogP contribution in [0.4, 0.5) is 0 Å². The minimum Gasteiger partial charge on any atom is -0.487 e. The first-order valence-corrected chi connectivity index (χ1v) is 7.74. The number of hydrogen-bond donors (Lipinski definition) is 1. The van der Waals surface area contributed by atoms with Gasteiger partial charge >= 0.3 is 0 Å². The maximum Gasteiger partial charge on any atom is 0.125 e. The summed E-state index contributed by atoms with van der Waals surface area (Å²) in [6, 6.07) is 6.41. The van der Waals surface area contributed by atoms with Gasteiger partial charge in [-0.2, -0.15) is 0 Å². The summed E-state index contributed by atoms with van der Waals surface area (Å²) in [4.78, 5) is 0. The normalized spacial score (nSPS) is 25.8. The van der Waals surface area contributed by atoms with E-state index in [0.717, 1.165) is 30.6 Å². The quantitative estimate of drug-likeness (QED) is 0.884. The van der Waals surface area contributed by atoms with E-state index in [1.807, 2.05) is 0 Å². The maximum atomic E-state index is 10.2. The van der Waals surface area contributed by atoms with Crippen molar-refractivity contribution in [3.63, 3.8) is 0 Å². The molecule has 0 radical (unpaired) electrons. The van der Waals surface area contributed by atoms with Crippen LogP contribution >= 0.6 is 0 Å². The number of hydrogen-bond acceptors (Lipinski definition) is 2. The lowest BCUT2D eigenvalue weighted by Gasteiger charge is -2.38. The lowest BCUT2D eigenvalue weighted by atomic mass is 9.75. The minimum atomic E-state index is -0.342. The Morgan fingerprint density at radius 1 is 1.30 bits per heavy atom. The predicted molar refractivity (Wildman–Crippen MR) is 83.3 cm³/mol. The summed E-state index contributed by atoms with van der Waals surface area (Å²) in [5.41, 5.74) is 2.69. The van der Waals surface area contributed by atoms with E-state index in [-0.39, 0.29) is 17.6 Å². The van der Waals surface area contributed by atoms with Crippen LogP contribution in [-0.2, 0) is 0 Å². The van der Waals surface area contributed by atoms with E-state index >= 15 is 0 Å². The third-order valence-electron chi connectivity index (χ3n) is 4.46. The van der Waals surface area contributed by atoms with Crippen molar-refractivity contribution in [2.24, 2.45) is 5.41 Å². The molecule has 0 aliphatic heterocycles. The molecule has 2 nitrogen and oxygen atoms in total. The molecular weight excluding hydrogens is 248 g/mol. The molecule has 1 fully saturated rings. The highest BCUT2D eigenvalue weighted by atomic mass is 16.5. The summed E-state index contributed by atoms with van der Waals surface area (Å²) in [5.74, 6) is 1.42. The van der Waals surface area contributed by atoms with E-state index in [4.69, 9.17) is 4.74 Å². The molecule has 2 rings (SSSR count). The van der Waals surface area contributed by atoms with Crippen molar-refractivity contribution < 1.29 is 9.84 Å². The molecule has 1 N–H and O–H groups in total. The van der Waals surface area contributed by atoms with Crippen LogP contribution in [-0.4, -0.2) is 17.3 Å². The third-order valence-corrected chi connectivity index (χ3v) is 4.46. The average molecular weight is 276 g/mol. The Balaban J connectivity index is 2.18. The van der Waals surface area contributed by atoms with Crippen molar-refractivity contribution in [2.45, 2.75) is 72.0 Å². The summed E-state index contributed by atoms with van der Waals surface area (Å²) < 4.78 is 6.17. The van der Waals surface area contributed by atoms with Crippen LogP contribution in [0.5, 0.6) is 5.75 Å². The largest absolute Gasteiger partial charge is 0.487 e. The zero-order chi connectivity index (χ0) is 14.9. The molecule has 2 atom stereocenters. The van der Waals surface area contributed by atoms with Gasteiger partial charge in [0.2, 0.25) is 0 Å². The molecule has 20 heavy (non-hydrogen) atoms. The molecule has 2 unspecified atom stereocenters. The first-order valence-electron chi connectivity index (χ1n) is 7.74. The minimum absolute atomic E-state index is 0.0835. The van der Waals surface area contributed by atoms with E-state index in [1.165, 1.54) is 5.56 Å². The van der Waals surface area contributed by atoms with Crippen LogP contribution in [0.15, 0.2) is 18.2 Å². The van der Waals surface area contributed by atoms with Crippen molar-refractivity contribution in [1.29, 1.82) is 0 Å². The van der Waals surface area contributed by atoms with Gasteiger partial charge in [-0.1, -0.05) is 39.8 Å². The van der Waals surface area contributed by atoms with Gasteiger partial charge in [-0.3, -0.25) is 0 Å². The lowest BCUT2D eigenvalue weighted by molar-refractivity contribution is -0.0307. The Bertz CT molecular complexity index is 462. The average Bonchev–Trinajstić information content (AvgIpc) is 2.36. The van der Waals surface area contributed by atoms with Crippen molar-refractivity contribution >= 4 is 0 Å². The topological polar surface area (TPSA) is 29.5 Å². The monoisotopic (exact) mass is 276 g/mol. The van der Waals surface area contributed by atoms with Crippen LogP contribution < -0.4 is 4.74 Å². The van der Waals surface area contributed by atoms with E-state index in [9.17, 15) is 5.11 Å². The second kappa shape index (κ2) is 5.77. The smallest absolute Gasteiger partial charge is 0.125 e. The van der Waals surface area contributed by atoms with Crippen molar-refractivity contribution in [1.82, 2.24) is 0 Å². The van der Waals surface area contributed by atoms with Crippen LogP contribution in [0, 0.1) is 12.3 Å². The third kappa shape index (κ3) is 3.54. The van der Waals surface area contributed by atoms with Gasteiger partial charge in [-0.15, -0.1) is 0 Å². The Labute approximate surface area is 123 Å². The molecule has 1 aliphatic carbocycles. The first-order chi connectivity index (χ1) is 9.28. The molecule has 0 aromatic heterocycles. The molecule has 1 aliphatic rings. The van der Waals surface area contributed by atoms with E-state index < -0.39 is 0 Å². The van der Waals surface area contributed by atoms with Crippen LogP contribution in [0.3, 0.4) is 0 Å². The number of aliphatic hydroxyl groups is 1. The predicted octanol–water partition coefficient (Wildman–Crippen LogP) is 4.44. The fourth-order valence-electron chi connectivity index (χ4n) is 2.89. The molecule has 1 saturated carbocycles. The van der Waals surface area contributed by atoms with Gasteiger partial charge < -0.3 is 9.84 Å². The summed E-state index contributed by atoms with van der Waals surface area (Å²) in [6.45, 7) is 11.0. The first kappa shape index (κ1) is 15.4. The fourth-order valence-corrected chi connectivity index (χ4v) is 2.89. The second-order valence-corrected chi connectivity index (χ2v) is 7.31. The fraction of sp³-hybridized carbons (Fsp3) is 0.667. The van der Waals surface area contributed by atoms with E-state index in [0.29, 0.717) is 5.92 Å². The maximum absolute atomic E-state index is 10.2. The number of rotatable bonds is 3. The SMILES string of the molecule is Cc1ccc(C(C)C)cc1OC1CC(C)(C)CCC1O. The zero-order valence-electron chi connectivity index (χ0n) is 13.4. The number of ether oxygens (including phenoxy) is 1. The highest BCUT2D eigenvalue weighted by Crippen LogP contribution is 2.38. The van der Waals surface area contributed by atoms with Gasteiger partial charge in [-0.05, 0) is 54.7 Å². The van der Waals surface area contributed by atoms with E-state index in [2.05, 4.69) is 52.8 Å². The molecule has 0 heterocycles. The molecule has 0 saturated heterocycles. The van der Waals surface area contributed by atoms with Gasteiger partial charge in [0.05, 0.1) is 6.10 Å². The summed E-state index contributed by atoms with van der Waals surface area (Å²) in [5, 5.41) is 10.2. The molecule has 112 valence electrons. The Morgan fingerprint density at radius 2 is 2.00 bits per heavy atom. The van der Waals surface area contributed by atoms with Gasteiger partial charge in [0.15, 0.2) is 0 Å². The molecular formula is C18H28O2. The summed E-state index contributed by atoms with van der Waals surface area (Å²) >= 11 is 0. The molecule has 2 heteroatoms. The Kier molecular flexibility index (Phi) is 4.43.